The number of benzene rings is 1. The third kappa shape index (κ3) is 2.99. The summed E-state index contributed by atoms with van der Waals surface area (Å²) in [5, 5.41) is 7.08. The summed E-state index contributed by atoms with van der Waals surface area (Å²) in [6.07, 6.45) is 1.54. The van der Waals surface area contributed by atoms with Gasteiger partial charge in [-0.05, 0) is 24.3 Å². The van der Waals surface area contributed by atoms with E-state index in [9.17, 15) is 0 Å². The zero-order chi connectivity index (χ0) is 12.3. The van der Waals surface area contributed by atoms with Crippen LogP contribution in [0.5, 0.6) is 0 Å². The van der Waals surface area contributed by atoms with Crippen molar-refractivity contribution in [1.29, 1.82) is 0 Å². The summed E-state index contributed by atoms with van der Waals surface area (Å²) in [5.74, 6) is 1.05. The lowest BCUT2D eigenvalue weighted by molar-refractivity contribution is 1.15. The van der Waals surface area contributed by atoms with Crippen LogP contribution in [-0.4, -0.2) is 17.0 Å². The fourth-order valence-electron chi connectivity index (χ4n) is 1.25. The van der Waals surface area contributed by atoms with E-state index in [1.165, 1.54) is 0 Å². The van der Waals surface area contributed by atoms with E-state index in [1.807, 2.05) is 12.1 Å². The Morgan fingerprint density at radius 3 is 2.47 bits per heavy atom. The third-order valence-electron chi connectivity index (χ3n) is 2.07. The molecular formula is C11H10Cl2N4. The molecule has 0 bridgehead atoms. The molecule has 0 amide bonds. The largest absolute Gasteiger partial charge is 0.357 e. The summed E-state index contributed by atoms with van der Waals surface area (Å²) >= 11 is 11.8. The number of nitrogens with one attached hydrogen (secondary N) is 2. The highest BCUT2D eigenvalue weighted by Gasteiger charge is 2.04. The molecule has 4 nitrogen and oxygen atoms in total. The lowest BCUT2D eigenvalue weighted by Crippen LogP contribution is -2.00. The Morgan fingerprint density at radius 2 is 1.82 bits per heavy atom. The zero-order valence-electron chi connectivity index (χ0n) is 9.04. The van der Waals surface area contributed by atoms with Gasteiger partial charge in [0.15, 0.2) is 5.82 Å². The van der Waals surface area contributed by atoms with Crippen LogP contribution in [0.4, 0.5) is 17.5 Å². The van der Waals surface area contributed by atoms with Gasteiger partial charge in [0.05, 0.1) is 6.20 Å². The molecule has 0 radical (unpaired) electrons. The second-order valence-corrected chi connectivity index (χ2v) is 4.12. The van der Waals surface area contributed by atoms with Crippen molar-refractivity contribution in [1.82, 2.24) is 9.97 Å². The fraction of sp³-hybridized carbons (Fsp3) is 0.0909. The highest BCUT2D eigenvalue weighted by atomic mass is 35.5. The van der Waals surface area contributed by atoms with Crippen molar-refractivity contribution >= 4 is 40.7 Å². The number of hydrogen-bond acceptors (Lipinski definition) is 4. The SMILES string of the molecule is CNc1ncc(Cl)c(Nc2ccc(Cl)cc2)n1. The molecule has 0 saturated heterocycles. The molecule has 1 aromatic carbocycles. The van der Waals surface area contributed by atoms with Crippen LogP contribution in [-0.2, 0) is 0 Å². The summed E-state index contributed by atoms with van der Waals surface area (Å²) < 4.78 is 0. The number of hydrogen-bond donors (Lipinski definition) is 2. The fourth-order valence-corrected chi connectivity index (χ4v) is 1.51. The Bertz CT molecular complexity index is 513. The molecule has 0 aliphatic heterocycles. The summed E-state index contributed by atoms with van der Waals surface area (Å²) in [7, 11) is 1.75. The normalized spacial score (nSPS) is 10.1. The molecule has 0 spiro atoms. The minimum Gasteiger partial charge on any atom is -0.357 e. The molecule has 0 aliphatic rings. The monoisotopic (exact) mass is 268 g/mol. The first kappa shape index (κ1) is 12.0. The first-order valence-corrected chi connectivity index (χ1v) is 5.67. The molecule has 0 atom stereocenters. The van der Waals surface area contributed by atoms with Crippen LogP contribution < -0.4 is 10.6 Å². The van der Waals surface area contributed by atoms with E-state index in [0.29, 0.717) is 21.8 Å². The van der Waals surface area contributed by atoms with Crippen LogP contribution in [0.15, 0.2) is 30.5 Å². The van der Waals surface area contributed by atoms with Crippen molar-refractivity contribution in [2.75, 3.05) is 17.7 Å². The molecule has 2 N–H and O–H groups in total. The van der Waals surface area contributed by atoms with Crippen LogP contribution in [0.3, 0.4) is 0 Å². The number of aromatic nitrogens is 2. The summed E-state index contributed by atoms with van der Waals surface area (Å²) in [6, 6.07) is 7.27. The van der Waals surface area contributed by atoms with E-state index >= 15 is 0 Å². The van der Waals surface area contributed by atoms with Gasteiger partial charge in [-0.25, -0.2) is 4.98 Å². The van der Waals surface area contributed by atoms with Crippen molar-refractivity contribution < 1.29 is 0 Å². The predicted molar refractivity (Wildman–Crippen MR) is 71.3 cm³/mol. The van der Waals surface area contributed by atoms with Gasteiger partial charge < -0.3 is 10.6 Å². The molecule has 1 aromatic heterocycles. The van der Waals surface area contributed by atoms with Crippen LogP contribution in [0.25, 0.3) is 0 Å². The van der Waals surface area contributed by atoms with Gasteiger partial charge in [-0.2, -0.15) is 4.98 Å². The van der Waals surface area contributed by atoms with Crippen molar-refractivity contribution in [3.63, 3.8) is 0 Å². The Balaban J connectivity index is 2.25. The van der Waals surface area contributed by atoms with Gasteiger partial charge >= 0.3 is 0 Å². The second-order valence-electron chi connectivity index (χ2n) is 3.27. The molecular weight excluding hydrogens is 259 g/mol. The van der Waals surface area contributed by atoms with Crippen LogP contribution in [0.2, 0.25) is 10.0 Å². The molecule has 2 rings (SSSR count). The van der Waals surface area contributed by atoms with Gasteiger partial charge in [-0.15, -0.1) is 0 Å². The maximum absolute atomic E-state index is 5.99. The lowest BCUT2D eigenvalue weighted by atomic mass is 10.3. The van der Waals surface area contributed by atoms with E-state index in [-0.39, 0.29) is 0 Å². The van der Waals surface area contributed by atoms with E-state index in [0.717, 1.165) is 5.69 Å². The summed E-state index contributed by atoms with van der Waals surface area (Å²) in [4.78, 5) is 8.21. The molecule has 1 heterocycles. The first-order chi connectivity index (χ1) is 8.19. The average molecular weight is 269 g/mol. The Labute approximate surface area is 109 Å². The minimum atomic E-state index is 0.457. The van der Waals surface area contributed by atoms with E-state index < -0.39 is 0 Å². The number of anilines is 3. The van der Waals surface area contributed by atoms with E-state index in [4.69, 9.17) is 23.2 Å². The smallest absolute Gasteiger partial charge is 0.224 e. The number of halogens is 2. The molecule has 2 aromatic rings. The van der Waals surface area contributed by atoms with Crippen molar-refractivity contribution in [3.05, 3.63) is 40.5 Å². The second kappa shape index (κ2) is 5.21. The quantitative estimate of drug-likeness (QED) is 0.894. The van der Waals surface area contributed by atoms with Crippen molar-refractivity contribution in [2.45, 2.75) is 0 Å². The average Bonchev–Trinajstić information content (AvgIpc) is 2.35. The van der Waals surface area contributed by atoms with Gasteiger partial charge in [-0.1, -0.05) is 23.2 Å². The molecule has 0 saturated carbocycles. The van der Waals surface area contributed by atoms with Crippen LogP contribution >= 0.6 is 23.2 Å². The van der Waals surface area contributed by atoms with Gasteiger partial charge in [0.2, 0.25) is 5.95 Å². The predicted octanol–water partition coefficient (Wildman–Crippen LogP) is 3.57. The zero-order valence-corrected chi connectivity index (χ0v) is 10.5. The van der Waals surface area contributed by atoms with Gasteiger partial charge in [0, 0.05) is 17.8 Å². The minimum absolute atomic E-state index is 0.457. The van der Waals surface area contributed by atoms with E-state index in [1.54, 1.807) is 25.4 Å². The third-order valence-corrected chi connectivity index (χ3v) is 2.60. The number of nitrogens with zero attached hydrogens (tertiary/aromatic N) is 2. The maximum atomic E-state index is 5.99. The van der Waals surface area contributed by atoms with Gasteiger partial charge in [-0.3, -0.25) is 0 Å². The van der Waals surface area contributed by atoms with Gasteiger partial charge in [0.25, 0.3) is 0 Å². The standard InChI is InChI=1S/C11H10Cl2N4/c1-14-11-15-6-9(13)10(17-11)16-8-4-2-7(12)3-5-8/h2-6H,1H3,(H2,14,15,16,17). The van der Waals surface area contributed by atoms with Crippen LogP contribution in [0.1, 0.15) is 0 Å². The molecule has 6 heteroatoms. The molecule has 0 fully saturated rings. The van der Waals surface area contributed by atoms with E-state index in [2.05, 4.69) is 20.6 Å². The highest BCUT2D eigenvalue weighted by molar-refractivity contribution is 6.33. The number of rotatable bonds is 3. The van der Waals surface area contributed by atoms with Crippen molar-refractivity contribution in [3.8, 4) is 0 Å². The Morgan fingerprint density at radius 1 is 1.12 bits per heavy atom. The Hall–Kier alpha value is -1.52. The van der Waals surface area contributed by atoms with Crippen molar-refractivity contribution in [2.24, 2.45) is 0 Å². The summed E-state index contributed by atoms with van der Waals surface area (Å²) in [6.45, 7) is 0. The lowest BCUT2D eigenvalue weighted by Gasteiger charge is -2.08. The van der Waals surface area contributed by atoms with Gasteiger partial charge in [0.1, 0.15) is 5.02 Å². The molecule has 0 unspecified atom stereocenters. The molecule has 17 heavy (non-hydrogen) atoms. The Kier molecular flexibility index (Phi) is 3.66. The molecule has 88 valence electrons. The first-order valence-electron chi connectivity index (χ1n) is 4.92. The van der Waals surface area contributed by atoms with Crippen LogP contribution in [0, 0.1) is 0 Å². The summed E-state index contributed by atoms with van der Waals surface area (Å²) in [5.41, 5.74) is 0.858. The maximum Gasteiger partial charge on any atom is 0.224 e. The molecule has 0 aliphatic carbocycles. The highest BCUT2D eigenvalue weighted by Crippen LogP contribution is 2.24. The topological polar surface area (TPSA) is 49.8 Å².